The molecule has 0 aliphatic heterocycles. The summed E-state index contributed by atoms with van der Waals surface area (Å²) >= 11 is 5.69. The monoisotopic (exact) mass is 312 g/mol. The second-order valence-electron chi connectivity index (χ2n) is 3.71. The predicted molar refractivity (Wildman–Crippen MR) is 70.8 cm³/mol. The minimum absolute atomic E-state index is 0.0475. The van der Waals surface area contributed by atoms with Crippen molar-refractivity contribution in [3.05, 3.63) is 23.2 Å². The second-order valence-corrected chi connectivity index (χ2v) is 8.14. The first kappa shape index (κ1) is 15.2. The molecule has 0 aromatic heterocycles. The van der Waals surface area contributed by atoms with Crippen molar-refractivity contribution in [3.63, 3.8) is 0 Å². The Kier molecular flexibility index (Phi) is 4.60. The molecule has 102 valence electrons. The number of hydrogen-bond acceptors (Lipinski definition) is 5. The normalized spacial score (nSPS) is 12.6. The van der Waals surface area contributed by atoms with Crippen LogP contribution in [0.1, 0.15) is 0 Å². The molecule has 0 radical (unpaired) electrons. The lowest BCUT2D eigenvalue weighted by Crippen LogP contribution is -2.29. The summed E-state index contributed by atoms with van der Waals surface area (Å²) in [6.07, 6.45) is 1.02. The molecule has 0 atom stereocenters. The molecule has 0 amide bonds. The molecule has 0 aliphatic rings. The zero-order valence-corrected chi connectivity index (χ0v) is 11.9. The molecule has 9 heteroatoms. The Hall–Kier alpha value is -0.830. The van der Waals surface area contributed by atoms with Crippen LogP contribution >= 0.6 is 11.6 Å². The van der Waals surface area contributed by atoms with E-state index in [0.717, 1.165) is 6.26 Å². The highest BCUT2D eigenvalue weighted by molar-refractivity contribution is 7.91. The largest absolute Gasteiger partial charge is 0.398 e. The number of anilines is 1. The Morgan fingerprint density at radius 2 is 1.89 bits per heavy atom. The van der Waals surface area contributed by atoms with Gasteiger partial charge < -0.3 is 5.73 Å². The molecule has 1 aromatic carbocycles. The minimum atomic E-state index is -3.86. The van der Waals surface area contributed by atoms with Gasteiger partial charge in [0.2, 0.25) is 10.0 Å². The van der Waals surface area contributed by atoms with Gasteiger partial charge in [-0.05, 0) is 18.2 Å². The number of benzene rings is 1. The Bertz CT molecular complexity index is 641. The van der Waals surface area contributed by atoms with Gasteiger partial charge in [-0.1, -0.05) is 11.6 Å². The fourth-order valence-corrected chi connectivity index (χ4v) is 3.21. The van der Waals surface area contributed by atoms with E-state index < -0.39 is 19.9 Å². The lowest BCUT2D eigenvalue weighted by Gasteiger charge is -2.08. The molecule has 1 aromatic rings. The van der Waals surface area contributed by atoms with Gasteiger partial charge in [-0.2, -0.15) is 0 Å². The van der Waals surface area contributed by atoms with Gasteiger partial charge in [0, 0.05) is 17.8 Å². The van der Waals surface area contributed by atoms with Crippen molar-refractivity contribution in [2.75, 3.05) is 24.3 Å². The third kappa shape index (κ3) is 4.45. The van der Waals surface area contributed by atoms with Crippen LogP contribution in [0.4, 0.5) is 5.69 Å². The van der Waals surface area contributed by atoms with Gasteiger partial charge in [-0.25, -0.2) is 21.6 Å². The van der Waals surface area contributed by atoms with Gasteiger partial charge in [0.15, 0.2) is 0 Å². The Morgan fingerprint density at radius 1 is 1.28 bits per heavy atom. The summed E-state index contributed by atoms with van der Waals surface area (Å²) in [4.78, 5) is -0.163. The van der Waals surface area contributed by atoms with Gasteiger partial charge in [-0.3, -0.25) is 0 Å². The standard InChI is InChI=1S/C9H13ClN2O4S2/c1-17(13,14)5-4-12-18(15,16)9-6-7(10)2-3-8(9)11/h2-3,6,12H,4-5,11H2,1H3. The van der Waals surface area contributed by atoms with Gasteiger partial charge in [-0.15, -0.1) is 0 Å². The molecule has 6 nitrogen and oxygen atoms in total. The summed E-state index contributed by atoms with van der Waals surface area (Å²) in [5.74, 6) is -0.285. The predicted octanol–water partition coefficient (Wildman–Crippen LogP) is 0.245. The number of sulfone groups is 1. The molecular formula is C9H13ClN2O4S2. The average molecular weight is 313 g/mol. The topological polar surface area (TPSA) is 106 Å². The number of rotatable bonds is 5. The summed E-state index contributed by atoms with van der Waals surface area (Å²) in [5.41, 5.74) is 5.58. The number of halogens is 1. The van der Waals surface area contributed by atoms with E-state index in [2.05, 4.69) is 4.72 Å². The van der Waals surface area contributed by atoms with Gasteiger partial charge in [0.1, 0.15) is 14.7 Å². The second kappa shape index (κ2) is 5.43. The van der Waals surface area contributed by atoms with E-state index in [1.165, 1.54) is 18.2 Å². The van der Waals surface area contributed by atoms with Gasteiger partial charge in [0.05, 0.1) is 11.4 Å². The molecule has 18 heavy (non-hydrogen) atoms. The SMILES string of the molecule is CS(=O)(=O)CCNS(=O)(=O)c1cc(Cl)ccc1N. The van der Waals surface area contributed by atoms with Gasteiger partial charge in [0.25, 0.3) is 0 Å². The highest BCUT2D eigenvalue weighted by Gasteiger charge is 2.18. The maximum atomic E-state index is 11.8. The summed E-state index contributed by atoms with van der Waals surface area (Å²) in [6.45, 7) is -0.215. The molecule has 0 bridgehead atoms. The van der Waals surface area contributed by atoms with E-state index in [9.17, 15) is 16.8 Å². The number of hydrogen-bond donors (Lipinski definition) is 2. The van der Waals surface area contributed by atoms with Gasteiger partial charge >= 0.3 is 0 Å². The van der Waals surface area contributed by atoms with Crippen molar-refractivity contribution in [2.24, 2.45) is 0 Å². The Labute approximate surface area is 111 Å². The summed E-state index contributed by atoms with van der Waals surface area (Å²) < 4.78 is 47.6. The molecule has 3 N–H and O–H groups in total. The first-order chi connectivity index (χ1) is 8.12. The van der Waals surface area contributed by atoms with Crippen molar-refractivity contribution in [2.45, 2.75) is 4.90 Å². The van der Waals surface area contributed by atoms with E-state index in [4.69, 9.17) is 17.3 Å². The molecule has 1 rings (SSSR count). The molecule has 0 heterocycles. The van der Waals surface area contributed by atoms with E-state index in [-0.39, 0.29) is 27.9 Å². The highest BCUT2D eigenvalue weighted by Crippen LogP contribution is 2.22. The number of nitrogens with two attached hydrogens (primary N) is 1. The van der Waals surface area contributed by atoms with Crippen LogP contribution in [-0.2, 0) is 19.9 Å². The first-order valence-electron chi connectivity index (χ1n) is 4.84. The van der Waals surface area contributed by atoms with Crippen LogP contribution in [0.5, 0.6) is 0 Å². The molecular weight excluding hydrogens is 300 g/mol. The van der Waals surface area contributed by atoms with Crippen LogP contribution in [0, 0.1) is 0 Å². The van der Waals surface area contributed by atoms with Crippen molar-refractivity contribution in [1.82, 2.24) is 4.72 Å². The Morgan fingerprint density at radius 3 is 2.44 bits per heavy atom. The minimum Gasteiger partial charge on any atom is -0.398 e. The van der Waals surface area contributed by atoms with Crippen molar-refractivity contribution >= 4 is 37.1 Å². The summed E-state index contributed by atoms with van der Waals surface area (Å²) in [5, 5.41) is 0.229. The highest BCUT2D eigenvalue weighted by atomic mass is 35.5. The van der Waals surface area contributed by atoms with Crippen LogP contribution in [-0.4, -0.2) is 35.4 Å². The molecule has 0 aliphatic carbocycles. The molecule has 0 spiro atoms. The average Bonchev–Trinajstić information content (AvgIpc) is 2.19. The van der Waals surface area contributed by atoms with Crippen LogP contribution in [0.3, 0.4) is 0 Å². The van der Waals surface area contributed by atoms with Crippen LogP contribution in [0.2, 0.25) is 5.02 Å². The number of nitrogens with one attached hydrogen (secondary N) is 1. The van der Waals surface area contributed by atoms with E-state index in [0.29, 0.717) is 0 Å². The lowest BCUT2D eigenvalue weighted by atomic mass is 10.3. The fraction of sp³-hybridized carbons (Fsp3) is 0.333. The molecule has 0 unspecified atom stereocenters. The van der Waals surface area contributed by atoms with E-state index >= 15 is 0 Å². The van der Waals surface area contributed by atoms with Crippen molar-refractivity contribution < 1.29 is 16.8 Å². The fourth-order valence-electron chi connectivity index (χ4n) is 1.18. The summed E-state index contributed by atoms with van der Waals surface area (Å²) in [6, 6.07) is 4.04. The third-order valence-electron chi connectivity index (χ3n) is 2.03. The third-order valence-corrected chi connectivity index (χ3v) is 4.73. The van der Waals surface area contributed by atoms with Crippen LogP contribution in [0.25, 0.3) is 0 Å². The lowest BCUT2D eigenvalue weighted by molar-refractivity contribution is 0.582. The van der Waals surface area contributed by atoms with Crippen molar-refractivity contribution in [3.8, 4) is 0 Å². The van der Waals surface area contributed by atoms with E-state index in [1.807, 2.05) is 0 Å². The molecule has 0 fully saturated rings. The van der Waals surface area contributed by atoms with E-state index in [1.54, 1.807) is 0 Å². The number of sulfonamides is 1. The maximum Gasteiger partial charge on any atom is 0.242 e. The molecule has 0 saturated carbocycles. The zero-order valence-electron chi connectivity index (χ0n) is 9.55. The summed E-state index contributed by atoms with van der Waals surface area (Å²) in [7, 11) is -7.09. The zero-order chi connectivity index (χ0) is 14.0. The number of nitrogen functional groups attached to an aromatic ring is 1. The van der Waals surface area contributed by atoms with Crippen molar-refractivity contribution in [1.29, 1.82) is 0 Å². The van der Waals surface area contributed by atoms with Crippen LogP contribution < -0.4 is 10.5 Å². The van der Waals surface area contributed by atoms with Crippen LogP contribution in [0.15, 0.2) is 23.1 Å². The first-order valence-corrected chi connectivity index (χ1v) is 8.76. The maximum absolute atomic E-state index is 11.8. The quantitative estimate of drug-likeness (QED) is 0.758. The molecule has 0 saturated heterocycles. The Balaban J connectivity index is 2.90. The smallest absolute Gasteiger partial charge is 0.242 e.